The number of halogens is 3. The third-order valence-electron chi connectivity index (χ3n) is 4.79. The number of nitrogens with two attached hydrogens (primary N) is 2. The van der Waals surface area contributed by atoms with Crippen molar-refractivity contribution in [2.24, 2.45) is 29.2 Å². The van der Waals surface area contributed by atoms with Gasteiger partial charge in [-0.3, -0.25) is 0 Å². The summed E-state index contributed by atoms with van der Waals surface area (Å²) in [5.74, 6) is -1.22. The Morgan fingerprint density at radius 2 is 1.33 bits per heavy atom. The predicted octanol–water partition coefficient (Wildman–Crippen LogP) is 2.81. The second-order valence-electron chi connectivity index (χ2n) is 6.06. The molecule has 2 aliphatic rings. The molecule has 2 aliphatic carbocycles. The molecule has 4 N–H and O–H groups in total. The van der Waals surface area contributed by atoms with Gasteiger partial charge in [0.05, 0.1) is 5.92 Å². The normalized spacial score (nSPS) is 42.8. The summed E-state index contributed by atoms with van der Waals surface area (Å²) in [7, 11) is 0. The summed E-state index contributed by atoms with van der Waals surface area (Å²) in [6.07, 6.45) is 0.834. The van der Waals surface area contributed by atoms with Crippen LogP contribution in [0.2, 0.25) is 0 Å². The molecule has 0 saturated heterocycles. The van der Waals surface area contributed by atoms with Crippen LogP contribution in [0.4, 0.5) is 13.2 Å². The Kier molecular flexibility index (Phi) is 4.22. The molecule has 2 nitrogen and oxygen atoms in total. The van der Waals surface area contributed by atoms with Crippen molar-refractivity contribution >= 4 is 0 Å². The molecular weight excluding hydrogens is 241 g/mol. The van der Waals surface area contributed by atoms with Crippen LogP contribution in [-0.4, -0.2) is 18.3 Å². The van der Waals surface area contributed by atoms with E-state index in [1.54, 1.807) is 0 Å². The zero-order valence-electron chi connectivity index (χ0n) is 10.6. The Morgan fingerprint density at radius 3 is 1.89 bits per heavy atom. The molecule has 0 spiro atoms. The summed E-state index contributed by atoms with van der Waals surface area (Å²) in [6.45, 7) is 0. The monoisotopic (exact) mass is 264 g/mol. The van der Waals surface area contributed by atoms with Gasteiger partial charge >= 0.3 is 6.18 Å². The van der Waals surface area contributed by atoms with E-state index in [1.165, 1.54) is 0 Å². The van der Waals surface area contributed by atoms with Crippen LogP contribution >= 0.6 is 0 Å². The second kappa shape index (κ2) is 5.37. The highest BCUT2D eigenvalue weighted by atomic mass is 19.4. The maximum absolute atomic E-state index is 13.1. The van der Waals surface area contributed by atoms with E-state index in [4.69, 9.17) is 11.5 Å². The van der Waals surface area contributed by atoms with Gasteiger partial charge in [-0.15, -0.1) is 0 Å². The Labute approximate surface area is 106 Å². The molecule has 2 saturated carbocycles. The maximum Gasteiger partial charge on any atom is 0.392 e. The van der Waals surface area contributed by atoms with Gasteiger partial charge in [0.2, 0.25) is 0 Å². The molecule has 0 aromatic rings. The summed E-state index contributed by atoms with van der Waals surface area (Å²) in [5.41, 5.74) is 11.5. The van der Waals surface area contributed by atoms with E-state index in [0.29, 0.717) is 6.42 Å². The lowest BCUT2D eigenvalue weighted by molar-refractivity contribution is -0.204. The lowest BCUT2D eigenvalue weighted by Gasteiger charge is -2.42. The minimum atomic E-state index is -4.09. The molecule has 0 bridgehead atoms. The minimum Gasteiger partial charge on any atom is -0.328 e. The van der Waals surface area contributed by atoms with Gasteiger partial charge in [0.15, 0.2) is 0 Å². The summed E-state index contributed by atoms with van der Waals surface area (Å²) < 4.78 is 39.3. The smallest absolute Gasteiger partial charge is 0.328 e. The molecule has 3 unspecified atom stereocenters. The van der Waals surface area contributed by atoms with E-state index in [-0.39, 0.29) is 30.3 Å². The van der Waals surface area contributed by atoms with Crippen molar-refractivity contribution in [2.45, 2.75) is 63.2 Å². The van der Waals surface area contributed by atoms with Gasteiger partial charge < -0.3 is 11.5 Å². The van der Waals surface area contributed by atoms with Crippen molar-refractivity contribution in [1.82, 2.24) is 0 Å². The SMILES string of the molecule is NC1CCC(C2CCC(N)CC2C(F)(F)F)CC1. The molecule has 0 aromatic carbocycles. The molecule has 0 radical (unpaired) electrons. The number of hydrogen-bond acceptors (Lipinski definition) is 2. The lowest BCUT2D eigenvalue weighted by Crippen LogP contribution is -2.44. The van der Waals surface area contributed by atoms with Crippen LogP contribution in [0.15, 0.2) is 0 Å². The van der Waals surface area contributed by atoms with E-state index >= 15 is 0 Å². The number of rotatable bonds is 1. The molecular formula is C13H23F3N2. The summed E-state index contributed by atoms with van der Waals surface area (Å²) >= 11 is 0. The van der Waals surface area contributed by atoms with Crippen molar-refractivity contribution in [3.8, 4) is 0 Å². The molecule has 5 heteroatoms. The highest BCUT2D eigenvalue weighted by Crippen LogP contribution is 2.47. The molecule has 106 valence electrons. The largest absolute Gasteiger partial charge is 0.392 e. The van der Waals surface area contributed by atoms with E-state index in [2.05, 4.69) is 0 Å². The van der Waals surface area contributed by atoms with Crippen LogP contribution in [0, 0.1) is 17.8 Å². The van der Waals surface area contributed by atoms with E-state index in [9.17, 15) is 13.2 Å². The first kappa shape index (κ1) is 14.1. The average molecular weight is 264 g/mol. The highest BCUT2D eigenvalue weighted by Gasteiger charge is 2.49. The highest BCUT2D eigenvalue weighted by molar-refractivity contribution is 4.91. The van der Waals surface area contributed by atoms with Crippen LogP contribution in [0.25, 0.3) is 0 Å². The first-order valence-electron chi connectivity index (χ1n) is 6.95. The second-order valence-corrected chi connectivity index (χ2v) is 6.06. The van der Waals surface area contributed by atoms with Gasteiger partial charge in [-0.25, -0.2) is 0 Å². The van der Waals surface area contributed by atoms with E-state index < -0.39 is 12.1 Å². The van der Waals surface area contributed by atoms with E-state index in [1.807, 2.05) is 0 Å². The third-order valence-corrected chi connectivity index (χ3v) is 4.79. The van der Waals surface area contributed by atoms with Crippen LogP contribution in [0.1, 0.15) is 44.9 Å². The first-order chi connectivity index (χ1) is 8.38. The van der Waals surface area contributed by atoms with Gasteiger partial charge in [0.25, 0.3) is 0 Å². The fourth-order valence-electron chi connectivity index (χ4n) is 3.74. The molecule has 0 amide bonds. The first-order valence-corrected chi connectivity index (χ1v) is 6.95. The van der Waals surface area contributed by atoms with Gasteiger partial charge in [-0.05, 0) is 56.8 Å². The van der Waals surface area contributed by atoms with Gasteiger partial charge in [-0.1, -0.05) is 0 Å². The molecule has 2 fully saturated rings. The molecule has 0 aromatic heterocycles. The zero-order valence-corrected chi connectivity index (χ0v) is 10.6. The lowest BCUT2D eigenvalue weighted by atomic mass is 9.66. The molecule has 18 heavy (non-hydrogen) atoms. The predicted molar refractivity (Wildman–Crippen MR) is 64.8 cm³/mol. The Balaban J connectivity index is 2.04. The average Bonchev–Trinajstić information content (AvgIpc) is 2.29. The number of alkyl halides is 3. The van der Waals surface area contributed by atoms with Gasteiger partial charge in [-0.2, -0.15) is 13.2 Å². The summed E-state index contributed by atoms with van der Waals surface area (Å²) in [5, 5.41) is 0. The summed E-state index contributed by atoms with van der Waals surface area (Å²) in [6, 6.07) is -0.0878. The minimum absolute atomic E-state index is 0.108. The molecule has 3 atom stereocenters. The van der Waals surface area contributed by atoms with Crippen molar-refractivity contribution in [2.75, 3.05) is 0 Å². The van der Waals surface area contributed by atoms with Crippen LogP contribution in [0.5, 0.6) is 0 Å². The Hall–Kier alpha value is -0.290. The van der Waals surface area contributed by atoms with Crippen molar-refractivity contribution in [3.05, 3.63) is 0 Å². The Bertz CT molecular complexity index is 272. The van der Waals surface area contributed by atoms with Crippen LogP contribution < -0.4 is 11.5 Å². The molecule has 0 heterocycles. The fourth-order valence-corrected chi connectivity index (χ4v) is 3.74. The van der Waals surface area contributed by atoms with Crippen molar-refractivity contribution in [1.29, 1.82) is 0 Å². The topological polar surface area (TPSA) is 52.0 Å². The molecule has 0 aliphatic heterocycles. The molecule has 2 rings (SSSR count). The van der Waals surface area contributed by atoms with Gasteiger partial charge in [0, 0.05) is 12.1 Å². The summed E-state index contributed by atoms with van der Waals surface area (Å²) in [4.78, 5) is 0. The fraction of sp³-hybridized carbons (Fsp3) is 1.00. The standard InChI is InChI=1S/C13H23F3N2/c14-13(15,16)12-7-10(18)5-6-11(12)8-1-3-9(17)4-2-8/h8-12H,1-7,17-18H2. The van der Waals surface area contributed by atoms with Crippen molar-refractivity contribution in [3.63, 3.8) is 0 Å². The maximum atomic E-state index is 13.1. The Morgan fingerprint density at radius 1 is 0.778 bits per heavy atom. The van der Waals surface area contributed by atoms with Crippen molar-refractivity contribution < 1.29 is 13.2 Å². The van der Waals surface area contributed by atoms with Crippen LogP contribution in [-0.2, 0) is 0 Å². The van der Waals surface area contributed by atoms with Gasteiger partial charge in [0.1, 0.15) is 0 Å². The third kappa shape index (κ3) is 3.18. The van der Waals surface area contributed by atoms with E-state index in [0.717, 1.165) is 32.1 Å². The zero-order chi connectivity index (χ0) is 13.3. The quantitative estimate of drug-likeness (QED) is 0.765. The number of hydrogen-bond donors (Lipinski definition) is 2. The van der Waals surface area contributed by atoms with Crippen LogP contribution in [0.3, 0.4) is 0 Å².